The average molecular weight is 265 g/mol. The van der Waals surface area contributed by atoms with E-state index in [1.54, 1.807) is 0 Å². The van der Waals surface area contributed by atoms with Crippen molar-refractivity contribution in [1.82, 2.24) is 15.1 Å². The molecule has 108 valence electrons. The van der Waals surface area contributed by atoms with E-state index in [4.69, 9.17) is 0 Å². The van der Waals surface area contributed by atoms with Crippen molar-refractivity contribution in [1.29, 1.82) is 0 Å². The standard InChI is InChI=1S/C15H27N3O/c1-15(2)13-9-16-8-12(13)10-18(15)11-14(19)17-6-4-3-5-7-17/h12-13,16H,3-11H2,1-2H3. The van der Waals surface area contributed by atoms with Gasteiger partial charge in [0.1, 0.15) is 0 Å². The van der Waals surface area contributed by atoms with Gasteiger partial charge < -0.3 is 10.2 Å². The number of nitrogens with zero attached hydrogens (tertiary/aromatic N) is 2. The van der Waals surface area contributed by atoms with Gasteiger partial charge in [0.25, 0.3) is 0 Å². The maximum absolute atomic E-state index is 12.4. The third kappa shape index (κ3) is 2.40. The molecule has 3 heterocycles. The normalized spacial score (nSPS) is 34.5. The molecule has 1 amide bonds. The zero-order valence-electron chi connectivity index (χ0n) is 12.3. The molecule has 2 unspecified atom stereocenters. The Morgan fingerprint density at radius 2 is 1.95 bits per heavy atom. The van der Waals surface area contributed by atoms with Crippen molar-refractivity contribution in [2.45, 2.75) is 38.6 Å². The average Bonchev–Trinajstić information content (AvgIpc) is 2.95. The highest BCUT2D eigenvalue weighted by atomic mass is 16.2. The van der Waals surface area contributed by atoms with E-state index in [9.17, 15) is 4.79 Å². The fourth-order valence-electron chi connectivity index (χ4n) is 4.18. The van der Waals surface area contributed by atoms with Gasteiger partial charge >= 0.3 is 0 Å². The number of piperidine rings is 1. The highest BCUT2D eigenvalue weighted by Gasteiger charge is 2.49. The van der Waals surface area contributed by atoms with Crippen LogP contribution in [0.1, 0.15) is 33.1 Å². The van der Waals surface area contributed by atoms with E-state index in [-0.39, 0.29) is 5.54 Å². The van der Waals surface area contributed by atoms with Crippen LogP contribution in [0.5, 0.6) is 0 Å². The number of amides is 1. The lowest BCUT2D eigenvalue weighted by atomic mass is 9.85. The Kier molecular flexibility index (Phi) is 3.56. The molecular weight excluding hydrogens is 238 g/mol. The minimum absolute atomic E-state index is 0.166. The van der Waals surface area contributed by atoms with Crippen LogP contribution in [0, 0.1) is 11.8 Å². The quantitative estimate of drug-likeness (QED) is 0.807. The number of likely N-dealkylation sites (tertiary alicyclic amines) is 2. The molecule has 0 bridgehead atoms. The maximum atomic E-state index is 12.4. The number of hydrogen-bond acceptors (Lipinski definition) is 3. The number of rotatable bonds is 2. The molecule has 0 aliphatic carbocycles. The molecular formula is C15H27N3O. The third-order valence-electron chi connectivity index (χ3n) is 5.55. The highest BCUT2D eigenvalue weighted by molar-refractivity contribution is 5.78. The summed E-state index contributed by atoms with van der Waals surface area (Å²) in [5, 5.41) is 3.50. The number of carbonyl (C=O) groups is 1. The van der Waals surface area contributed by atoms with Crippen LogP contribution in [0.25, 0.3) is 0 Å². The second-order valence-electron chi connectivity index (χ2n) is 7.00. The van der Waals surface area contributed by atoms with E-state index in [1.165, 1.54) is 19.3 Å². The summed E-state index contributed by atoms with van der Waals surface area (Å²) in [6.45, 7) is 10.5. The first-order chi connectivity index (χ1) is 9.09. The molecule has 0 aromatic carbocycles. The molecule has 2 atom stereocenters. The smallest absolute Gasteiger partial charge is 0.236 e. The van der Waals surface area contributed by atoms with Crippen LogP contribution in [0.2, 0.25) is 0 Å². The summed E-state index contributed by atoms with van der Waals surface area (Å²) in [5.74, 6) is 1.80. The first kappa shape index (κ1) is 13.4. The second kappa shape index (κ2) is 5.06. The molecule has 3 aliphatic heterocycles. The first-order valence-corrected chi connectivity index (χ1v) is 7.82. The van der Waals surface area contributed by atoms with Gasteiger partial charge in [0, 0.05) is 31.7 Å². The fraction of sp³-hybridized carbons (Fsp3) is 0.933. The van der Waals surface area contributed by atoms with Crippen molar-refractivity contribution in [3.63, 3.8) is 0 Å². The van der Waals surface area contributed by atoms with E-state index in [1.807, 2.05) is 0 Å². The van der Waals surface area contributed by atoms with Gasteiger partial charge in [-0.2, -0.15) is 0 Å². The third-order valence-corrected chi connectivity index (χ3v) is 5.55. The van der Waals surface area contributed by atoms with Gasteiger partial charge in [-0.15, -0.1) is 0 Å². The van der Waals surface area contributed by atoms with E-state index in [2.05, 4.69) is 29.0 Å². The summed E-state index contributed by atoms with van der Waals surface area (Å²) in [4.78, 5) is 16.9. The molecule has 0 saturated carbocycles. The number of nitrogens with one attached hydrogen (secondary N) is 1. The van der Waals surface area contributed by atoms with Crippen molar-refractivity contribution in [3.05, 3.63) is 0 Å². The summed E-state index contributed by atoms with van der Waals surface area (Å²) in [6.07, 6.45) is 3.66. The van der Waals surface area contributed by atoms with Gasteiger partial charge in [0.05, 0.1) is 6.54 Å². The molecule has 0 aromatic rings. The van der Waals surface area contributed by atoms with Gasteiger partial charge in [-0.1, -0.05) is 0 Å². The lowest BCUT2D eigenvalue weighted by molar-refractivity contribution is -0.134. The van der Waals surface area contributed by atoms with Crippen LogP contribution >= 0.6 is 0 Å². The Bertz CT molecular complexity index is 349. The summed E-state index contributed by atoms with van der Waals surface area (Å²) < 4.78 is 0. The summed E-state index contributed by atoms with van der Waals surface area (Å²) in [6, 6.07) is 0. The minimum Gasteiger partial charge on any atom is -0.342 e. The van der Waals surface area contributed by atoms with Crippen molar-refractivity contribution in [2.75, 3.05) is 39.3 Å². The molecule has 3 saturated heterocycles. The molecule has 0 radical (unpaired) electrons. The minimum atomic E-state index is 0.166. The Labute approximate surface area is 116 Å². The lowest BCUT2D eigenvalue weighted by Gasteiger charge is -2.37. The van der Waals surface area contributed by atoms with E-state index < -0.39 is 0 Å². The van der Waals surface area contributed by atoms with Crippen molar-refractivity contribution in [3.8, 4) is 0 Å². The summed E-state index contributed by atoms with van der Waals surface area (Å²) in [7, 11) is 0. The maximum Gasteiger partial charge on any atom is 0.236 e. The number of carbonyl (C=O) groups excluding carboxylic acids is 1. The zero-order valence-corrected chi connectivity index (χ0v) is 12.3. The molecule has 0 spiro atoms. The fourth-order valence-corrected chi connectivity index (χ4v) is 4.18. The summed E-state index contributed by atoms with van der Waals surface area (Å²) in [5.41, 5.74) is 0.166. The first-order valence-electron chi connectivity index (χ1n) is 7.82. The lowest BCUT2D eigenvalue weighted by Crippen LogP contribution is -2.50. The van der Waals surface area contributed by atoms with Crippen LogP contribution in [-0.4, -0.2) is 60.5 Å². The van der Waals surface area contributed by atoms with Crippen molar-refractivity contribution >= 4 is 5.91 Å². The summed E-state index contributed by atoms with van der Waals surface area (Å²) >= 11 is 0. The molecule has 4 heteroatoms. The predicted octanol–water partition coefficient (Wildman–Crippen LogP) is 0.929. The van der Waals surface area contributed by atoms with E-state index in [0.29, 0.717) is 18.4 Å². The molecule has 1 N–H and O–H groups in total. The van der Waals surface area contributed by atoms with E-state index >= 15 is 0 Å². The van der Waals surface area contributed by atoms with Crippen LogP contribution in [-0.2, 0) is 4.79 Å². The molecule has 4 nitrogen and oxygen atoms in total. The van der Waals surface area contributed by atoms with E-state index in [0.717, 1.165) is 38.6 Å². The molecule has 3 rings (SSSR count). The van der Waals surface area contributed by atoms with Gasteiger partial charge in [-0.05, 0) is 51.5 Å². The largest absolute Gasteiger partial charge is 0.342 e. The molecule has 0 aromatic heterocycles. The Hall–Kier alpha value is -0.610. The van der Waals surface area contributed by atoms with Crippen LogP contribution < -0.4 is 5.32 Å². The molecule has 19 heavy (non-hydrogen) atoms. The van der Waals surface area contributed by atoms with Crippen LogP contribution in [0.15, 0.2) is 0 Å². The number of fused-ring (bicyclic) bond motifs is 1. The Balaban J connectivity index is 1.62. The predicted molar refractivity (Wildman–Crippen MR) is 75.9 cm³/mol. The Morgan fingerprint density at radius 1 is 1.21 bits per heavy atom. The second-order valence-corrected chi connectivity index (χ2v) is 7.00. The van der Waals surface area contributed by atoms with Gasteiger partial charge in [0.15, 0.2) is 0 Å². The SMILES string of the molecule is CC1(C)C2CNCC2CN1CC(=O)N1CCCCC1. The van der Waals surface area contributed by atoms with Crippen LogP contribution in [0.4, 0.5) is 0 Å². The topological polar surface area (TPSA) is 35.6 Å². The molecule has 3 aliphatic rings. The monoisotopic (exact) mass is 265 g/mol. The highest BCUT2D eigenvalue weighted by Crippen LogP contribution is 2.40. The van der Waals surface area contributed by atoms with Gasteiger partial charge in [-0.25, -0.2) is 0 Å². The Morgan fingerprint density at radius 3 is 2.63 bits per heavy atom. The van der Waals surface area contributed by atoms with Gasteiger partial charge in [0.2, 0.25) is 5.91 Å². The van der Waals surface area contributed by atoms with Crippen molar-refractivity contribution < 1.29 is 4.79 Å². The number of hydrogen-bond donors (Lipinski definition) is 1. The molecule has 3 fully saturated rings. The van der Waals surface area contributed by atoms with Crippen molar-refractivity contribution in [2.24, 2.45) is 11.8 Å². The van der Waals surface area contributed by atoms with Gasteiger partial charge in [-0.3, -0.25) is 9.69 Å². The zero-order chi connectivity index (χ0) is 13.5. The van der Waals surface area contributed by atoms with Crippen LogP contribution in [0.3, 0.4) is 0 Å².